The van der Waals surface area contributed by atoms with E-state index in [0.29, 0.717) is 41.7 Å². The Hall–Kier alpha value is -4.83. The first-order valence-electron chi connectivity index (χ1n) is 19.7. The number of para-hydroxylation sites is 4. The summed E-state index contributed by atoms with van der Waals surface area (Å²) in [7, 11) is 0. The molecular formula is C43H52ClN9O4. The van der Waals surface area contributed by atoms with Crippen molar-refractivity contribution in [2.24, 2.45) is 0 Å². The number of aromatic nitrogens is 4. The van der Waals surface area contributed by atoms with Crippen LogP contribution in [0.2, 0.25) is 5.15 Å². The predicted molar refractivity (Wildman–Crippen MR) is 224 cm³/mol. The van der Waals surface area contributed by atoms with Crippen molar-refractivity contribution in [2.45, 2.75) is 33.1 Å². The van der Waals surface area contributed by atoms with E-state index in [2.05, 4.69) is 48.4 Å². The van der Waals surface area contributed by atoms with Crippen molar-refractivity contribution < 1.29 is 19.7 Å². The highest BCUT2D eigenvalue weighted by Crippen LogP contribution is 2.30. The summed E-state index contributed by atoms with van der Waals surface area (Å²) in [6.07, 6.45) is 4.05. The van der Waals surface area contributed by atoms with Gasteiger partial charge in [0.15, 0.2) is 11.3 Å². The monoisotopic (exact) mass is 793 g/mol. The van der Waals surface area contributed by atoms with Crippen LogP contribution in [0.5, 0.6) is 0 Å². The summed E-state index contributed by atoms with van der Waals surface area (Å²) in [6.45, 7) is 14.4. The fraction of sp³-hybridized carbons (Fsp3) is 0.442. The van der Waals surface area contributed by atoms with Crippen LogP contribution in [-0.2, 0) is 9.47 Å². The smallest absolute Gasteiger partial charge is 0.157 e. The summed E-state index contributed by atoms with van der Waals surface area (Å²) in [5.74, 6) is 1.09. The quantitative estimate of drug-likeness (QED) is 0.125. The zero-order valence-corrected chi connectivity index (χ0v) is 33.7. The first kappa shape index (κ1) is 41.8. The molecule has 4 aromatic heterocycles. The van der Waals surface area contributed by atoms with E-state index in [1.54, 1.807) is 6.07 Å². The summed E-state index contributed by atoms with van der Waals surface area (Å²) >= 11 is 6.23. The number of piperazine rings is 1. The third-order valence-corrected chi connectivity index (χ3v) is 10.7. The standard InChI is InChI=1S/C21H25N5O2.C13H8ClN3.C9H19NO2/c1-16-14-20(25-8-6-24(7-9-25)10-12-28-13-11-27)26-19-5-3-2-4-18(19)23-21(26)17(16)15-22;1-8-6-12(14)17-11-5-3-2-4-10(11)16-13(17)9(8)7-15;11-7-9-12-8-6-10-4-2-1-3-5-10/h2-5,14,27H,6-13H2,1H3;2-6H,1H3;11H,1-9H2. The van der Waals surface area contributed by atoms with Gasteiger partial charge in [-0.3, -0.25) is 13.7 Å². The van der Waals surface area contributed by atoms with Gasteiger partial charge in [-0.1, -0.05) is 42.3 Å². The number of hydrogen-bond donors (Lipinski definition) is 2. The second-order valence-electron chi connectivity index (χ2n) is 14.2. The van der Waals surface area contributed by atoms with Gasteiger partial charge in [-0.15, -0.1) is 0 Å². The molecule has 8 rings (SSSR count). The van der Waals surface area contributed by atoms with Crippen LogP contribution in [0, 0.1) is 36.5 Å². The van der Waals surface area contributed by atoms with Crippen LogP contribution in [0.1, 0.15) is 41.5 Å². The van der Waals surface area contributed by atoms with Gasteiger partial charge in [-0.2, -0.15) is 10.5 Å². The van der Waals surface area contributed by atoms with Crippen LogP contribution in [0.4, 0.5) is 5.82 Å². The average molecular weight is 794 g/mol. The number of pyridine rings is 2. The number of aliphatic hydroxyl groups is 2. The van der Waals surface area contributed by atoms with Crippen molar-refractivity contribution >= 4 is 50.8 Å². The van der Waals surface area contributed by atoms with Gasteiger partial charge in [-0.05, 0) is 87.3 Å². The van der Waals surface area contributed by atoms with Crippen molar-refractivity contribution in [1.29, 1.82) is 10.5 Å². The molecule has 0 bridgehead atoms. The van der Waals surface area contributed by atoms with Crippen molar-refractivity contribution in [3.05, 3.63) is 88.1 Å². The Labute approximate surface area is 338 Å². The number of likely N-dealkylation sites (tertiary alicyclic amines) is 1. The van der Waals surface area contributed by atoms with Crippen molar-refractivity contribution in [1.82, 2.24) is 28.6 Å². The fourth-order valence-electron chi connectivity index (χ4n) is 7.45. The number of ether oxygens (including phenoxy) is 2. The van der Waals surface area contributed by atoms with E-state index in [9.17, 15) is 10.5 Å². The molecule has 2 aliphatic heterocycles. The third-order valence-electron chi connectivity index (χ3n) is 10.4. The molecule has 0 radical (unpaired) electrons. The molecular weight excluding hydrogens is 742 g/mol. The van der Waals surface area contributed by atoms with Gasteiger partial charge in [0.2, 0.25) is 0 Å². The molecule has 0 atom stereocenters. The number of rotatable bonds is 11. The number of hydrogen-bond acceptors (Lipinski definition) is 11. The van der Waals surface area contributed by atoms with Crippen molar-refractivity contribution in [3.63, 3.8) is 0 Å². The highest BCUT2D eigenvalue weighted by atomic mass is 35.5. The lowest BCUT2D eigenvalue weighted by Gasteiger charge is -2.36. The molecule has 0 aliphatic carbocycles. The first-order valence-corrected chi connectivity index (χ1v) is 20.1. The zero-order chi connectivity index (χ0) is 40.1. The Morgan fingerprint density at radius 3 is 1.68 bits per heavy atom. The van der Waals surface area contributed by atoms with Gasteiger partial charge < -0.3 is 29.5 Å². The molecule has 2 fully saturated rings. The van der Waals surface area contributed by atoms with Gasteiger partial charge >= 0.3 is 0 Å². The number of halogens is 1. The lowest BCUT2D eigenvalue weighted by molar-refractivity contribution is 0.0695. The van der Waals surface area contributed by atoms with Crippen LogP contribution < -0.4 is 4.90 Å². The van der Waals surface area contributed by atoms with Gasteiger partial charge in [0.1, 0.15) is 23.1 Å². The third kappa shape index (κ3) is 10.0. The second kappa shape index (κ2) is 20.5. The highest BCUT2D eigenvalue weighted by molar-refractivity contribution is 6.30. The fourth-order valence-corrected chi connectivity index (χ4v) is 7.78. The Morgan fingerprint density at radius 1 is 0.649 bits per heavy atom. The minimum absolute atomic E-state index is 0.0701. The summed E-state index contributed by atoms with van der Waals surface area (Å²) in [6, 6.07) is 24.2. The van der Waals surface area contributed by atoms with E-state index in [0.717, 1.165) is 90.5 Å². The number of aliphatic hydroxyl groups excluding tert-OH is 2. The topological polar surface area (TPSA) is 151 Å². The summed E-state index contributed by atoms with van der Waals surface area (Å²) < 4.78 is 14.5. The molecule has 2 aliphatic rings. The Morgan fingerprint density at radius 2 is 1.14 bits per heavy atom. The Balaban J connectivity index is 0.000000160. The normalized spacial score (nSPS) is 15.0. The summed E-state index contributed by atoms with van der Waals surface area (Å²) in [4.78, 5) is 16.4. The van der Waals surface area contributed by atoms with Gasteiger partial charge in [-0.25, -0.2) is 9.97 Å². The van der Waals surface area contributed by atoms with Crippen LogP contribution in [0.15, 0.2) is 60.7 Å². The maximum atomic E-state index is 9.65. The first-order chi connectivity index (χ1) is 27.9. The van der Waals surface area contributed by atoms with E-state index < -0.39 is 0 Å². The summed E-state index contributed by atoms with van der Waals surface area (Å²) in [5, 5.41) is 36.7. The van der Waals surface area contributed by atoms with E-state index in [1.165, 1.54) is 32.4 Å². The minimum Gasteiger partial charge on any atom is -0.394 e. The predicted octanol–water partition coefficient (Wildman–Crippen LogP) is 5.60. The van der Waals surface area contributed by atoms with Gasteiger partial charge in [0, 0.05) is 39.3 Å². The maximum Gasteiger partial charge on any atom is 0.157 e. The number of benzene rings is 2. The highest BCUT2D eigenvalue weighted by Gasteiger charge is 2.23. The Kier molecular flexibility index (Phi) is 15.1. The van der Waals surface area contributed by atoms with E-state index >= 15 is 0 Å². The van der Waals surface area contributed by atoms with E-state index in [4.69, 9.17) is 36.3 Å². The minimum atomic E-state index is 0.0701. The molecule has 0 spiro atoms. The average Bonchev–Trinajstić information content (AvgIpc) is 3.82. The molecule has 2 saturated heterocycles. The van der Waals surface area contributed by atoms with E-state index in [1.807, 2.05) is 60.7 Å². The number of imidazole rings is 2. The SMILES string of the molecule is Cc1cc(Cl)n2c(nc3ccccc32)c1C#N.Cc1cc(N2CCN(CCOCCO)CC2)n2c(nc3ccccc32)c1C#N.OCCOCCN1CCCCC1. The molecule has 300 valence electrons. The van der Waals surface area contributed by atoms with Crippen LogP contribution in [0.25, 0.3) is 33.4 Å². The molecule has 6 aromatic rings. The number of aryl methyl sites for hydroxylation is 2. The molecule has 0 saturated carbocycles. The molecule has 0 amide bonds. The second-order valence-corrected chi connectivity index (χ2v) is 14.6. The number of nitriles is 2. The number of fused-ring (bicyclic) bond motifs is 6. The number of nitrogens with zero attached hydrogens (tertiary/aromatic N) is 9. The molecule has 13 nitrogen and oxygen atoms in total. The lowest BCUT2D eigenvalue weighted by atomic mass is 10.1. The molecule has 14 heteroatoms. The van der Waals surface area contributed by atoms with Crippen LogP contribution >= 0.6 is 11.6 Å². The van der Waals surface area contributed by atoms with Gasteiger partial charge in [0.25, 0.3) is 0 Å². The van der Waals surface area contributed by atoms with Gasteiger partial charge in [0.05, 0.1) is 72.8 Å². The van der Waals surface area contributed by atoms with Crippen molar-refractivity contribution in [2.75, 3.05) is 96.9 Å². The molecule has 2 N–H and O–H groups in total. The summed E-state index contributed by atoms with van der Waals surface area (Å²) in [5.41, 5.74) is 8.08. The number of piperidine rings is 1. The van der Waals surface area contributed by atoms with Crippen LogP contribution in [0.3, 0.4) is 0 Å². The maximum absolute atomic E-state index is 9.65. The molecule has 57 heavy (non-hydrogen) atoms. The zero-order valence-electron chi connectivity index (χ0n) is 32.9. The molecule has 6 heterocycles. The van der Waals surface area contributed by atoms with Crippen LogP contribution in [-0.4, -0.2) is 131 Å². The lowest BCUT2D eigenvalue weighted by Crippen LogP contribution is -2.48. The molecule has 2 aromatic carbocycles. The number of anilines is 1. The van der Waals surface area contributed by atoms with E-state index in [-0.39, 0.29) is 13.2 Å². The largest absolute Gasteiger partial charge is 0.394 e. The van der Waals surface area contributed by atoms with Crippen molar-refractivity contribution in [3.8, 4) is 12.1 Å². The Bertz CT molecular complexity index is 2330. The molecule has 0 unspecified atom stereocenters.